The van der Waals surface area contributed by atoms with E-state index in [9.17, 15) is 0 Å². The van der Waals surface area contributed by atoms with Crippen molar-refractivity contribution in [1.29, 1.82) is 0 Å². The minimum atomic E-state index is 0.457. The van der Waals surface area contributed by atoms with Crippen LogP contribution in [0.4, 0.5) is 5.82 Å². The fraction of sp³-hybridized carbons (Fsp3) is 0.0769. The number of aromatic nitrogens is 2. The summed E-state index contributed by atoms with van der Waals surface area (Å²) in [5.41, 5.74) is 7.77. The molecule has 1 aromatic carbocycles. The molecule has 0 saturated carbocycles. The molecule has 0 bridgehead atoms. The van der Waals surface area contributed by atoms with Gasteiger partial charge in [0, 0.05) is 22.1 Å². The Labute approximate surface area is 113 Å². The van der Waals surface area contributed by atoms with Crippen LogP contribution in [-0.2, 0) is 0 Å². The molecular weight excluding hydrogens is 266 g/mol. The molecule has 3 rings (SSSR count). The zero-order valence-corrected chi connectivity index (χ0v) is 11.2. The molecule has 2 heterocycles. The van der Waals surface area contributed by atoms with Gasteiger partial charge in [-0.1, -0.05) is 11.6 Å². The number of nitrogens with zero attached hydrogens (tertiary/aromatic N) is 2. The Morgan fingerprint density at radius 1 is 1.22 bits per heavy atom. The molecule has 0 aliphatic rings. The van der Waals surface area contributed by atoms with Gasteiger partial charge in [-0.3, -0.25) is 0 Å². The number of benzene rings is 1. The van der Waals surface area contributed by atoms with Crippen molar-refractivity contribution in [3.05, 3.63) is 41.2 Å². The van der Waals surface area contributed by atoms with Gasteiger partial charge in [0.15, 0.2) is 5.82 Å². The Kier molecular flexibility index (Phi) is 2.69. The van der Waals surface area contributed by atoms with Crippen molar-refractivity contribution >= 4 is 38.8 Å². The third kappa shape index (κ3) is 1.74. The predicted molar refractivity (Wildman–Crippen MR) is 77.0 cm³/mol. The smallest absolute Gasteiger partial charge is 0.150 e. The number of rotatable bonds is 1. The second kappa shape index (κ2) is 4.23. The van der Waals surface area contributed by atoms with E-state index in [2.05, 4.69) is 16.9 Å². The van der Waals surface area contributed by atoms with Gasteiger partial charge in [-0.2, -0.15) is 0 Å². The molecule has 0 aliphatic heterocycles. The van der Waals surface area contributed by atoms with E-state index in [1.807, 2.05) is 18.2 Å². The summed E-state index contributed by atoms with van der Waals surface area (Å²) in [7, 11) is 0. The minimum absolute atomic E-state index is 0.457. The van der Waals surface area contributed by atoms with Crippen LogP contribution in [0.2, 0.25) is 5.02 Å². The molecule has 2 aromatic heterocycles. The van der Waals surface area contributed by atoms with Crippen molar-refractivity contribution in [3.63, 3.8) is 0 Å². The molecule has 90 valence electrons. The highest BCUT2D eigenvalue weighted by Gasteiger charge is 2.14. The van der Waals surface area contributed by atoms with E-state index in [0.29, 0.717) is 5.82 Å². The maximum atomic E-state index is 6.03. The topological polar surface area (TPSA) is 51.8 Å². The number of anilines is 1. The first-order valence-electron chi connectivity index (χ1n) is 5.42. The van der Waals surface area contributed by atoms with Crippen LogP contribution in [0.25, 0.3) is 20.7 Å². The molecule has 0 unspecified atom stereocenters. The molecular formula is C13H10ClN3S. The van der Waals surface area contributed by atoms with Crippen LogP contribution in [0.1, 0.15) is 5.56 Å². The van der Waals surface area contributed by atoms with Crippen molar-refractivity contribution < 1.29 is 0 Å². The van der Waals surface area contributed by atoms with E-state index in [-0.39, 0.29) is 0 Å². The first-order chi connectivity index (χ1) is 8.66. The second-order valence-corrected chi connectivity index (χ2v) is 5.48. The highest BCUT2D eigenvalue weighted by Crippen LogP contribution is 2.39. The second-order valence-electron chi connectivity index (χ2n) is 3.99. The summed E-state index contributed by atoms with van der Waals surface area (Å²) in [4.78, 5) is 9.45. The fourth-order valence-corrected chi connectivity index (χ4v) is 3.31. The van der Waals surface area contributed by atoms with Gasteiger partial charge in [0.2, 0.25) is 0 Å². The Balaban J connectivity index is 2.31. The molecule has 0 spiro atoms. The van der Waals surface area contributed by atoms with Crippen molar-refractivity contribution in [1.82, 2.24) is 9.97 Å². The maximum absolute atomic E-state index is 6.03. The van der Waals surface area contributed by atoms with E-state index >= 15 is 0 Å². The fourth-order valence-electron chi connectivity index (χ4n) is 1.94. The Morgan fingerprint density at radius 3 is 2.78 bits per heavy atom. The lowest BCUT2D eigenvalue weighted by molar-refractivity contribution is 1.22. The third-order valence-electron chi connectivity index (χ3n) is 2.84. The lowest BCUT2D eigenvalue weighted by atomic mass is 10.1. The lowest BCUT2D eigenvalue weighted by Gasteiger charge is -2.01. The van der Waals surface area contributed by atoms with Crippen LogP contribution in [0.5, 0.6) is 0 Å². The Morgan fingerprint density at radius 2 is 2.00 bits per heavy atom. The molecule has 0 amide bonds. The SMILES string of the molecule is Cc1c(-c2nccnc2N)sc2ccc(Cl)cc12. The van der Waals surface area contributed by atoms with Gasteiger partial charge in [0.05, 0.1) is 4.88 Å². The average Bonchev–Trinajstić information content (AvgIpc) is 2.68. The summed E-state index contributed by atoms with van der Waals surface area (Å²) >= 11 is 7.69. The number of nitrogens with two attached hydrogens (primary N) is 1. The van der Waals surface area contributed by atoms with Crippen molar-refractivity contribution in [2.75, 3.05) is 5.73 Å². The van der Waals surface area contributed by atoms with Crippen LogP contribution >= 0.6 is 22.9 Å². The maximum Gasteiger partial charge on any atom is 0.150 e. The van der Waals surface area contributed by atoms with E-state index in [4.69, 9.17) is 17.3 Å². The molecule has 0 saturated heterocycles. The van der Waals surface area contributed by atoms with Gasteiger partial charge < -0.3 is 5.73 Å². The number of thiophene rings is 1. The summed E-state index contributed by atoms with van der Waals surface area (Å²) in [6, 6.07) is 5.88. The number of hydrogen-bond acceptors (Lipinski definition) is 4. The lowest BCUT2D eigenvalue weighted by Crippen LogP contribution is -1.95. The largest absolute Gasteiger partial charge is 0.382 e. The summed E-state index contributed by atoms with van der Waals surface area (Å²) in [5.74, 6) is 0.457. The first kappa shape index (κ1) is 11.4. The van der Waals surface area contributed by atoms with E-state index in [0.717, 1.165) is 26.5 Å². The molecule has 0 atom stereocenters. The van der Waals surface area contributed by atoms with Gasteiger partial charge in [-0.15, -0.1) is 11.3 Å². The summed E-state index contributed by atoms with van der Waals surface area (Å²) in [5, 5.41) is 1.88. The average molecular weight is 276 g/mol. The Hall–Kier alpha value is -1.65. The van der Waals surface area contributed by atoms with Gasteiger partial charge in [-0.05, 0) is 36.1 Å². The van der Waals surface area contributed by atoms with E-state index < -0.39 is 0 Å². The number of nitrogen functional groups attached to an aromatic ring is 1. The summed E-state index contributed by atoms with van der Waals surface area (Å²) in [6.07, 6.45) is 3.25. The third-order valence-corrected chi connectivity index (χ3v) is 4.35. The predicted octanol–water partition coefficient (Wildman–Crippen LogP) is 3.90. The highest BCUT2D eigenvalue weighted by molar-refractivity contribution is 7.22. The monoisotopic (exact) mass is 275 g/mol. The molecule has 0 aliphatic carbocycles. The van der Waals surface area contributed by atoms with Gasteiger partial charge in [-0.25, -0.2) is 9.97 Å². The standard InChI is InChI=1S/C13H10ClN3S/c1-7-9-6-8(14)2-3-10(9)18-12(7)11-13(15)17-5-4-16-11/h2-6H,1H3,(H2,15,17). The molecule has 5 heteroatoms. The van der Waals surface area contributed by atoms with Gasteiger partial charge >= 0.3 is 0 Å². The number of aryl methyl sites for hydroxylation is 1. The van der Waals surface area contributed by atoms with Crippen molar-refractivity contribution in [3.8, 4) is 10.6 Å². The number of halogens is 1. The number of fused-ring (bicyclic) bond motifs is 1. The minimum Gasteiger partial charge on any atom is -0.382 e. The van der Waals surface area contributed by atoms with Crippen LogP contribution in [0, 0.1) is 6.92 Å². The van der Waals surface area contributed by atoms with Crippen LogP contribution < -0.4 is 5.73 Å². The zero-order valence-electron chi connectivity index (χ0n) is 9.64. The first-order valence-corrected chi connectivity index (χ1v) is 6.62. The quantitative estimate of drug-likeness (QED) is 0.733. The van der Waals surface area contributed by atoms with Gasteiger partial charge in [0.25, 0.3) is 0 Å². The summed E-state index contributed by atoms with van der Waals surface area (Å²) < 4.78 is 1.18. The molecule has 3 aromatic rings. The molecule has 0 radical (unpaired) electrons. The Bertz CT molecular complexity index is 736. The molecule has 18 heavy (non-hydrogen) atoms. The van der Waals surface area contributed by atoms with Crippen LogP contribution in [0.15, 0.2) is 30.6 Å². The van der Waals surface area contributed by atoms with Crippen molar-refractivity contribution in [2.24, 2.45) is 0 Å². The molecule has 3 nitrogen and oxygen atoms in total. The molecule has 0 fully saturated rings. The zero-order chi connectivity index (χ0) is 12.7. The normalized spacial score (nSPS) is 11.0. The van der Waals surface area contributed by atoms with Crippen LogP contribution in [0.3, 0.4) is 0 Å². The summed E-state index contributed by atoms with van der Waals surface area (Å²) in [6.45, 7) is 2.05. The van der Waals surface area contributed by atoms with Crippen molar-refractivity contribution in [2.45, 2.75) is 6.92 Å². The van der Waals surface area contributed by atoms with E-state index in [1.165, 1.54) is 4.70 Å². The van der Waals surface area contributed by atoms with E-state index in [1.54, 1.807) is 23.7 Å². The number of hydrogen-bond donors (Lipinski definition) is 1. The van der Waals surface area contributed by atoms with Crippen LogP contribution in [-0.4, -0.2) is 9.97 Å². The highest BCUT2D eigenvalue weighted by atomic mass is 35.5. The van der Waals surface area contributed by atoms with Gasteiger partial charge in [0.1, 0.15) is 5.69 Å². The molecule has 2 N–H and O–H groups in total.